The van der Waals surface area contributed by atoms with E-state index in [4.69, 9.17) is 10.5 Å². The zero-order valence-electron chi connectivity index (χ0n) is 17.0. The summed E-state index contributed by atoms with van der Waals surface area (Å²) in [6.45, 7) is 6.11. The molecule has 2 amide bonds. The van der Waals surface area contributed by atoms with Gasteiger partial charge in [-0.3, -0.25) is 4.79 Å². The Morgan fingerprint density at radius 1 is 1.21 bits per heavy atom. The van der Waals surface area contributed by atoms with Gasteiger partial charge < -0.3 is 15.4 Å². The first-order valence-electron chi connectivity index (χ1n) is 9.75. The minimum Gasteiger partial charge on any atom is -0.438 e. The van der Waals surface area contributed by atoms with Crippen LogP contribution >= 0.6 is 15.9 Å². The largest absolute Gasteiger partial charge is 0.438 e. The number of carbonyl (C=O) groups is 2. The van der Waals surface area contributed by atoms with Crippen LogP contribution in [-0.4, -0.2) is 23.4 Å². The molecular weight excluding hydrogens is 432 g/mol. The van der Waals surface area contributed by atoms with Crippen molar-refractivity contribution in [3.63, 3.8) is 0 Å². The van der Waals surface area contributed by atoms with Gasteiger partial charge in [0.15, 0.2) is 0 Å². The van der Waals surface area contributed by atoms with Crippen LogP contribution in [0.3, 0.4) is 0 Å². The lowest BCUT2D eigenvalue weighted by molar-refractivity contribution is -0.133. The molecule has 5 nitrogen and oxygen atoms in total. The van der Waals surface area contributed by atoms with Crippen LogP contribution in [0.2, 0.25) is 0 Å². The highest BCUT2D eigenvalue weighted by Crippen LogP contribution is 2.44. The molecule has 0 unspecified atom stereocenters. The van der Waals surface area contributed by atoms with E-state index in [1.807, 2.05) is 61.5 Å². The minimum absolute atomic E-state index is 0.117. The number of hydrogen-bond donors (Lipinski definition) is 1. The first-order chi connectivity index (χ1) is 13.6. The molecule has 2 N–H and O–H groups in total. The summed E-state index contributed by atoms with van der Waals surface area (Å²) in [4.78, 5) is 26.8. The number of rotatable bonds is 6. The van der Waals surface area contributed by atoms with Crippen molar-refractivity contribution in [2.75, 3.05) is 6.54 Å². The van der Waals surface area contributed by atoms with Crippen LogP contribution in [-0.2, 0) is 15.1 Å². The molecule has 2 aromatic rings. The molecule has 1 aliphatic heterocycles. The second-order valence-corrected chi connectivity index (χ2v) is 9.24. The molecule has 1 fully saturated rings. The monoisotopic (exact) mass is 458 g/mol. The number of primary amides is 1. The Labute approximate surface area is 180 Å². The number of halogens is 1. The molecule has 0 aromatic heterocycles. The van der Waals surface area contributed by atoms with Gasteiger partial charge in [-0.1, -0.05) is 72.2 Å². The molecule has 1 aliphatic rings. The molecule has 0 bridgehead atoms. The van der Waals surface area contributed by atoms with Crippen LogP contribution < -0.4 is 5.73 Å². The fraction of sp³-hybridized carbons (Fsp3) is 0.391. The highest BCUT2D eigenvalue weighted by atomic mass is 79.9. The Hall–Kier alpha value is -2.34. The smallest absolute Gasteiger partial charge is 0.411 e. The Bertz CT molecular complexity index is 883. The molecule has 2 atom stereocenters. The second-order valence-electron chi connectivity index (χ2n) is 8.32. The van der Waals surface area contributed by atoms with Gasteiger partial charge in [0.05, 0.1) is 6.04 Å². The standard InChI is InChI=1S/C23H27BrN2O3/c1-16(17-9-11-19(24)12-10-17)26-14-13-23(29-21(26)28,15-22(2,3)20(25)27)18-7-5-4-6-8-18/h4-12,16H,13-15H2,1-3H3,(H2,25,27)/t16-,23+/m0/s1. The number of cyclic esters (lactones) is 1. The molecule has 29 heavy (non-hydrogen) atoms. The summed E-state index contributed by atoms with van der Waals surface area (Å²) in [5.41, 5.74) is 5.86. The molecule has 0 spiro atoms. The molecule has 2 aromatic carbocycles. The molecule has 0 radical (unpaired) electrons. The quantitative estimate of drug-likeness (QED) is 0.650. The van der Waals surface area contributed by atoms with E-state index in [0.717, 1.165) is 15.6 Å². The fourth-order valence-electron chi connectivity index (χ4n) is 3.91. The average molecular weight is 459 g/mol. The van der Waals surface area contributed by atoms with Gasteiger partial charge in [0, 0.05) is 29.3 Å². The third-order valence-electron chi connectivity index (χ3n) is 5.79. The molecule has 0 aliphatic carbocycles. The van der Waals surface area contributed by atoms with Crippen molar-refractivity contribution in [2.24, 2.45) is 11.1 Å². The summed E-state index contributed by atoms with van der Waals surface area (Å²) in [5, 5.41) is 0. The van der Waals surface area contributed by atoms with E-state index >= 15 is 0 Å². The number of hydrogen-bond acceptors (Lipinski definition) is 3. The predicted molar refractivity (Wildman–Crippen MR) is 116 cm³/mol. The normalized spacial score (nSPS) is 20.8. The van der Waals surface area contributed by atoms with Crippen molar-refractivity contribution in [1.82, 2.24) is 4.90 Å². The summed E-state index contributed by atoms with van der Waals surface area (Å²) < 4.78 is 7.09. The number of nitrogens with two attached hydrogens (primary N) is 1. The summed E-state index contributed by atoms with van der Waals surface area (Å²) in [6.07, 6.45) is 0.544. The molecule has 154 valence electrons. The van der Waals surface area contributed by atoms with Gasteiger partial charge in [-0.25, -0.2) is 4.79 Å². The van der Waals surface area contributed by atoms with Crippen LogP contribution in [0.4, 0.5) is 4.79 Å². The number of carbonyl (C=O) groups excluding carboxylic acids is 2. The maximum atomic E-state index is 13.1. The van der Waals surface area contributed by atoms with Crippen molar-refractivity contribution in [3.8, 4) is 0 Å². The molecule has 1 saturated heterocycles. The number of amides is 2. The van der Waals surface area contributed by atoms with Gasteiger partial charge in [0.25, 0.3) is 0 Å². The maximum Gasteiger partial charge on any atom is 0.411 e. The van der Waals surface area contributed by atoms with Gasteiger partial charge in [-0.15, -0.1) is 0 Å². The van der Waals surface area contributed by atoms with Crippen molar-refractivity contribution < 1.29 is 14.3 Å². The summed E-state index contributed by atoms with van der Waals surface area (Å²) in [5.74, 6) is -0.408. The molecular formula is C23H27BrN2O3. The van der Waals surface area contributed by atoms with Gasteiger partial charge >= 0.3 is 6.09 Å². The van der Waals surface area contributed by atoms with E-state index in [-0.39, 0.29) is 12.1 Å². The Balaban J connectivity index is 1.89. The minimum atomic E-state index is -0.882. The predicted octanol–water partition coefficient (Wildman–Crippen LogP) is 5.15. The summed E-state index contributed by atoms with van der Waals surface area (Å²) >= 11 is 3.44. The van der Waals surface area contributed by atoms with Gasteiger partial charge in [0.1, 0.15) is 5.60 Å². The SMILES string of the molecule is C[C@@H](c1ccc(Br)cc1)N1CC[C@@](CC(C)(C)C(N)=O)(c2ccccc2)OC1=O. The third-order valence-corrected chi connectivity index (χ3v) is 6.32. The zero-order valence-corrected chi connectivity index (χ0v) is 18.6. The van der Waals surface area contributed by atoms with Crippen molar-refractivity contribution in [2.45, 2.75) is 45.3 Å². The molecule has 6 heteroatoms. The molecule has 0 saturated carbocycles. The van der Waals surface area contributed by atoms with E-state index in [2.05, 4.69) is 15.9 Å². The number of benzene rings is 2. The van der Waals surface area contributed by atoms with E-state index in [9.17, 15) is 9.59 Å². The van der Waals surface area contributed by atoms with E-state index in [1.54, 1.807) is 18.7 Å². The Morgan fingerprint density at radius 3 is 2.38 bits per heavy atom. The zero-order chi connectivity index (χ0) is 21.2. The lowest BCUT2D eigenvalue weighted by atomic mass is 9.74. The van der Waals surface area contributed by atoms with Crippen LogP contribution in [0.5, 0.6) is 0 Å². The van der Waals surface area contributed by atoms with Crippen molar-refractivity contribution in [3.05, 3.63) is 70.2 Å². The molecule has 3 rings (SSSR count). The second kappa shape index (κ2) is 8.19. The fourth-order valence-corrected chi connectivity index (χ4v) is 4.18. The number of nitrogens with zero attached hydrogens (tertiary/aromatic N) is 1. The Morgan fingerprint density at radius 2 is 1.83 bits per heavy atom. The van der Waals surface area contributed by atoms with Crippen LogP contribution in [0.15, 0.2) is 59.1 Å². The summed E-state index contributed by atoms with van der Waals surface area (Å²) in [7, 11) is 0. The maximum absolute atomic E-state index is 13.1. The van der Waals surface area contributed by atoms with Gasteiger partial charge in [0.2, 0.25) is 5.91 Å². The highest BCUT2D eigenvalue weighted by molar-refractivity contribution is 9.10. The summed E-state index contributed by atoms with van der Waals surface area (Å²) in [6, 6.07) is 17.4. The topological polar surface area (TPSA) is 72.6 Å². The molecule has 1 heterocycles. The highest BCUT2D eigenvalue weighted by Gasteiger charge is 2.48. The third kappa shape index (κ3) is 4.47. The Kier molecular flexibility index (Phi) is 6.03. The van der Waals surface area contributed by atoms with E-state index in [0.29, 0.717) is 19.4 Å². The van der Waals surface area contributed by atoms with Crippen LogP contribution in [0.25, 0.3) is 0 Å². The lowest BCUT2D eigenvalue weighted by Gasteiger charge is -2.45. The average Bonchev–Trinajstić information content (AvgIpc) is 2.68. The number of ether oxygens (including phenoxy) is 1. The first kappa shape index (κ1) is 21.4. The van der Waals surface area contributed by atoms with Crippen molar-refractivity contribution >= 4 is 27.9 Å². The van der Waals surface area contributed by atoms with Gasteiger partial charge in [-0.05, 0) is 30.2 Å². The lowest BCUT2D eigenvalue weighted by Crippen LogP contribution is -2.51. The van der Waals surface area contributed by atoms with Crippen LogP contribution in [0, 0.1) is 5.41 Å². The van der Waals surface area contributed by atoms with E-state index in [1.165, 1.54) is 0 Å². The van der Waals surface area contributed by atoms with Gasteiger partial charge in [-0.2, -0.15) is 0 Å². The van der Waals surface area contributed by atoms with E-state index < -0.39 is 16.9 Å². The first-order valence-corrected chi connectivity index (χ1v) is 10.5. The van der Waals surface area contributed by atoms with Crippen LogP contribution in [0.1, 0.15) is 50.8 Å². The van der Waals surface area contributed by atoms with Crippen molar-refractivity contribution in [1.29, 1.82) is 0 Å².